The van der Waals surface area contributed by atoms with E-state index < -0.39 is 5.97 Å². The number of imidazole rings is 1. The van der Waals surface area contributed by atoms with Gasteiger partial charge >= 0.3 is 11.7 Å². The molecule has 1 aliphatic heterocycles. The number of halogens is 1. The number of esters is 1. The lowest BCUT2D eigenvalue weighted by molar-refractivity contribution is 0.0331. The second kappa shape index (κ2) is 7.32. The Balaban J connectivity index is 0.00000180. The first kappa shape index (κ1) is 15.7. The van der Waals surface area contributed by atoms with Crippen LogP contribution in [-0.4, -0.2) is 53.7 Å². The zero-order valence-corrected chi connectivity index (χ0v) is 11.5. The third-order valence-electron chi connectivity index (χ3n) is 2.77. The molecule has 7 nitrogen and oxygen atoms in total. The van der Waals surface area contributed by atoms with Crippen molar-refractivity contribution in [1.82, 2.24) is 14.9 Å². The van der Waals surface area contributed by atoms with E-state index in [2.05, 4.69) is 14.9 Å². The van der Waals surface area contributed by atoms with Crippen molar-refractivity contribution in [2.75, 3.05) is 32.9 Å². The SMILES string of the molecule is CCOC(=O)c1[nH]c(=O)[nH]c1CN1CCOCC1.Cl. The predicted molar refractivity (Wildman–Crippen MR) is 70.7 cm³/mol. The lowest BCUT2D eigenvalue weighted by Gasteiger charge is -2.26. The first-order valence-corrected chi connectivity index (χ1v) is 5.99. The van der Waals surface area contributed by atoms with Crippen molar-refractivity contribution in [3.8, 4) is 0 Å². The fraction of sp³-hybridized carbons (Fsp3) is 0.636. The van der Waals surface area contributed by atoms with Gasteiger partial charge in [-0.2, -0.15) is 0 Å². The monoisotopic (exact) mass is 291 g/mol. The maximum absolute atomic E-state index is 11.7. The summed E-state index contributed by atoms with van der Waals surface area (Å²) in [5, 5.41) is 0. The number of ether oxygens (including phenoxy) is 2. The van der Waals surface area contributed by atoms with Crippen molar-refractivity contribution in [2.45, 2.75) is 13.5 Å². The van der Waals surface area contributed by atoms with Crippen LogP contribution in [0.1, 0.15) is 23.1 Å². The van der Waals surface area contributed by atoms with Gasteiger partial charge in [0.1, 0.15) is 5.69 Å². The minimum absolute atomic E-state index is 0. The third-order valence-corrected chi connectivity index (χ3v) is 2.77. The molecule has 0 aromatic carbocycles. The molecule has 0 aliphatic carbocycles. The van der Waals surface area contributed by atoms with Crippen molar-refractivity contribution in [1.29, 1.82) is 0 Å². The molecule has 0 radical (unpaired) electrons. The second-order valence-corrected chi connectivity index (χ2v) is 4.04. The number of nitrogens with zero attached hydrogens (tertiary/aromatic N) is 1. The van der Waals surface area contributed by atoms with Crippen LogP contribution in [0.4, 0.5) is 0 Å². The van der Waals surface area contributed by atoms with Gasteiger partial charge in [-0.15, -0.1) is 12.4 Å². The first-order chi connectivity index (χ1) is 8.70. The molecule has 0 unspecified atom stereocenters. The number of morpholine rings is 1. The Morgan fingerprint density at radius 2 is 2.05 bits per heavy atom. The van der Waals surface area contributed by atoms with Crippen LogP contribution < -0.4 is 5.69 Å². The number of rotatable bonds is 4. The Labute approximate surface area is 116 Å². The van der Waals surface area contributed by atoms with Gasteiger partial charge in [-0.05, 0) is 6.92 Å². The number of carbonyl (C=O) groups excluding carboxylic acids is 1. The average molecular weight is 292 g/mol. The summed E-state index contributed by atoms with van der Waals surface area (Å²) in [5.41, 5.74) is 0.398. The van der Waals surface area contributed by atoms with Crippen molar-refractivity contribution >= 4 is 18.4 Å². The van der Waals surface area contributed by atoms with Gasteiger partial charge in [0, 0.05) is 19.6 Å². The lowest BCUT2D eigenvalue weighted by Crippen LogP contribution is -2.36. The number of aromatic amines is 2. The quantitative estimate of drug-likeness (QED) is 0.770. The number of hydrogen-bond donors (Lipinski definition) is 2. The molecule has 0 saturated carbocycles. The number of hydrogen-bond acceptors (Lipinski definition) is 5. The van der Waals surface area contributed by atoms with E-state index >= 15 is 0 Å². The minimum atomic E-state index is -0.501. The summed E-state index contributed by atoms with van der Waals surface area (Å²) in [5.74, 6) is -0.501. The summed E-state index contributed by atoms with van der Waals surface area (Å²) in [6.07, 6.45) is 0. The highest BCUT2D eigenvalue weighted by atomic mass is 35.5. The van der Waals surface area contributed by atoms with Gasteiger partial charge in [0.05, 0.1) is 25.5 Å². The molecule has 19 heavy (non-hydrogen) atoms. The zero-order valence-electron chi connectivity index (χ0n) is 10.7. The van der Waals surface area contributed by atoms with Crippen LogP contribution in [0.15, 0.2) is 4.79 Å². The van der Waals surface area contributed by atoms with Gasteiger partial charge in [0.25, 0.3) is 0 Å². The van der Waals surface area contributed by atoms with Crippen molar-refractivity contribution in [3.05, 3.63) is 21.9 Å². The Morgan fingerprint density at radius 3 is 2.68 bits per heavy atom. The van der Waals surface area contributed by atoms with E-state index in [9.17, 15) is 9.59 Å². The van der Waals surface area contributed by atoms with E-state index in [-0.39, 0.29) is 30.4 Å². The van der Waals surface area contributed by atoms with Gasteiger partial charge in [-0.3, -0.25) is 9.88 Å². The molecule has 1 aromatic heterocycles. The average Bonchev–Trinajstić information content (AvgIpc) is 2.72. The highest BCUT2D eigenvalue weighted by molar-refractivity contribution is 5.88. The normalized spacial score (nSPS) is 15.8. The predicted octanol–water partition coefficient (Wildman–Crippen LogP) is 0.134. The fourth-order valence-electron chi connectivity index (χ4n) is 1.90. The summed E-state index contributed by atoms with van der Waals surface area (Å²) in [6.45, 7) is 5.43. The molecule has 2 N–H and O–H groups in total. The van der Waals surface area contributed by atoms with Crippen LogP contribution in [0.2, 0.25) is 0 Å². The summed E-state index contributed by atoms with van der Waals surface area (Å²) in [6, 6.07) is 0. The van der Waals surface area contributed by atoms with Gasteiger partial charge in [0.2, 0.25) is 0 Å². The molecule has 1 aromatic rings. The number of aromatic nitrogens is 2. The maximum atomic E-state index is 11.7. The van der Waals surface area contributed by atoms with E-state index in [1.54, 1.807) is 6.92 Å². The van der Waals surface area contributed by atoms with Crippen molar-refractivity contribution in [2.24, 2.45) is 0 Å². The number of H-pyrrole nitrogens is 2. The van der Waals surface area contributed by atoms with Crippen LogP contribution in [0, 0.1) is 0 Å². The molecular weight excluding hydrogens is 274 g/mol. The van der Waals surface area contributed by atoms with Crippen LogP contribution in [0.3, 0.4) is 0 Å². The topological polar surface area (TPSA) is 87.4 Å². The highest BCUT2D eigenvalue weighted by Crippen LogP contribution is 2.08. The van der Waals surface area contributed by atoms with Crippen molar-refractivity contribution in [3.63, 3.8) is 0 Å². The summed E-state index contributed by atoms with van der Waals surface area (Å²) >= 11 is 0. The van der Waals surface area contributed by atoms with Crippen LogP contribution >= 0.6 is 12.4 Å². The highest BCUT2D eigenvalue weighted by Gasteiger charge is 2.19. The molecule has 1 saturated heterocycles. The third kappa shape index (κ3) is 4.09. The Kier molecular flexibility index (Phi) is 6.07. The summed E-state index contributed by atoms with van der Waals surface area (Å²) < 4.78 is 10.1. The summed E-state index contributed by atoms with van der Waals surface area (Å²) in [7, 11) is 0. The molecule has 0 atom stereocenters. The van der Waals surface area contributed by atoms with Gasteiger partial charge in [0.15, 0.2) is 0 Å². The van der Waals surface area contributed by atoms with Gasteiger partial charge < -0.3 is 14.5 Å². The molecule has 0 spiro atoms. The number of nitrogens with one attached hydrogen (secondary N) is 2. The molecule has 108 valence electrons. The molecule has 2 rings (SSSR count). The Hall–Kier alpha value is -1.31. The zero-order chi connectivity index (χ0) is 13.0. The molecule has 0 amide bonds. The maximum Gasteiger partial charge on any atom is 0.356 e. The van der Waals surface area contributed by atoms with Crippen LogP contribution in [-0.2, 0) is 16.0 Å². The Morgan fingerprint density at radius 1 is 1.37 bits per heavy atom. The van der Waals surface area contributed by atoms with E-state index in [1.165, 1.54) is 0 Å². The first-order valence-electron chi connectivity index (χ1n) is 5.99. The minimum Gasteiger partial charge on any atom is -0.461 e. The Bertz CT molecular complexity index is 465. The molecule has 1 fully saturated rings. The van der Waals surface area contributed by atoms with Crippen LogP contribution in [0.5, 0.6) is 0 Å². The lowest BCUT2D eigenvalue weighted by atomic mass is 10.3. The van der Waals surface area contributed by atoms with Crippen molar-refractivity contribution < 1.29 is 14.3 Å². The van der Waals surface area contributed by atoms with Gasteiger partial charge in [-0.1, -0.05) is 0 Å². The standard InChI is InChI=1S/C11H17N3O4.ClH/c1-2-18-10(15)9-8(12-11(16)13-9)7-14-3-5-17-6-4-14;/h2-7H2,1H3,(H2,12,13,16);1H. The molecular formula is C11H18ClN3O4. The number of carbonyl (C=O) groups is 1. The van der Waals surface area contributed by atoms with E-state index in [4.69, 9.17) is 9.47 Å². The molecule has 2 heterocycles. The second-order valence-electron chi connectivity index (χ2n) is 4.04. The van der Waals surface area contributed by atoms with Crippen LogP contribution in [0.25, 0.3) is 0 Å². The largest absolute Gasteiger partial charge is 0.461 e. The molecule has 0 bridgehead atoms. The van der Waals surface area contributed by atoms with E-state index in [1.807, 2.05) is 0 Å². The smallest absolute Gasteiger partial charge is 0.356 e. The molecule has 1 aliphatic rings. The molecule has 8 heteroatoms. The summed E-state index contributed by atoms with van der Waals surface area (Å²) in [4.78, 5) is 30.2. The van der Waals surface area contributed by atoms with E-state index in [0.717, 1.165) is 13.1 Å². The fourth-order valence-corrected chi connectivity index (χ4v) is 1.90. The van der Waals surface area contributed by atoms with E-state index in [0.29, 0.717) is 25.5 Å². The van der Waals surface area contributed by atoms with Gasteiger partial charge in [-0.25, -0.2) is 9.59 Å².